The number of hydrogen-bond donors (Lipinski definition) is 0. The zero-order valence-corrected chi connectivity index (χ0v) is 19.2. The van der Waals surface area contributed by atoms with E-state index in [2.05, 4.69) is 29.5 Å². The maximum absolute atomic E-state index is 5.57. The molecule has 0 aliphatic heterocycles. The topological polar surface area (TPSA) is 18.5 Å². The van der Waals surface area contributed by atoms with Gasteiger partial charge in [-0.15, -0.1) is 0 Å². The van der Waals surface area contributed by atoms with Crippen LogP contribution < -0.4 is 0 Å². The summed E-state index contributed by atoms with van der Waals surface area (Å²) in [6, 6.07) is 0. The molecule has 0 aromatic heterocycles. The van der Waals surface area contributed by atoms with Crippen molar-refractivity contribution in [2.45, 2.75) is 110 Å². The van der Waals surface area contributed by atoms with E-state index in [4.69, 9.17) is 9.47 Å². The quantitative estimate of drug-likeness (QED) is 0.0920. The van der Waals surface area contributed by atoms with Gasteiger partial charge in [-0.3, -0.25) is 0 Å². The molecule has 0 unspecified atom stereocenters. The highest BCUT2D eigenvalue weighted by atomic mass is 127. The average Bonchev–Trinajstić information content (AvgIpc) is 2.63. The van der Waals surface area contributed by atoms with Crippen LogP contribution in [0, 0.1) is 0 Å². The molecule has 0 spiro atoms. The number of ether oxygens (including phenoxy) is 2. The fourth-order valence-corrected chi connectivity index (χ4v) is 3.44. The van der Waals surface area contributed by atoms with Crippen LogP contribution in [-0.2, 0) is 9.47 Å². The Morgan fingerprint density at radius 1 is 0.440 bits per heavy atom. The fourth-order valence-electron chi connectivity index (χ4n) is 3.13. The lowest BCUT2D eigenvalue weighted by molar-refractivity contribution is 0.0527. The molecule has 0 aromatic carbocycles. The van der Waals surface area contributed by atoms with Crippen molar-refractivity contribution in [2.24, 2.45) is 0 Å². The molecular formula is C22H45IO2. The van der Waals surface area contributed by atoms with Gasteiger partial charge in [0.15, 0.2) is 0 Å². The lowest BCUT2D eigenvalue weighted by Gasteiger charge is -2.05. The zero-order valence-electron chi connectivity index (χ0n) is 17.0. The van der Waals surface area contributed by atoms with Crippen LogP contribution in [0.4, 0.5) is 0 Å². The van der Waals surface area contributed by atoms with E-state index in [9.17, 15) is 0 Å². The second-order valence-electron chi connectivity index (χ2n) is 7.22. The Kier molecular flexibility index (Phi) is 25.3. The van der Waals surface area contributed by atoms with Crippen LogP contribution in [-0.4, -0.2) is 30.9 Å². The van der Waals surface area contributed by atoms with Gasteiger partial charge < -0.3 is 9.47 Å². The minimum atomic E-state index is 0.752. The van der Waals surface area contributed by atoms with Crippen LogP contribution in [0.25, 0.3) is 0 Å². The second kappa shape index (κ2) is 24.7. The van der Waals surface area contributed by atoms with Crippen LogP contribution in [0.15, 0.2) is 0 Å². The van der Waals surface area contributed by atoms with E-state index >= 15 is 0 Å². The molecule has 0 heterocycles. The molecule has 0 rings (SSSR count). The Morgan fingerprint density at radius 2 is 0.800 bits per heavy atom. The molecule has 0 aliphatic carbocycles. The Balaban J connectivity index is 2.94. The Labute approximate surface area is 172 Å². The van der Waals surface area contributed by atoms with E-state index in [1.807, 2.05) is 0 Å². The van der Waals surface area contributed by atoms with Gasteiger partial charge in [-0.1, -0.05) is 126 Å². The number of hydrogen-bond acceptors (Lipinski definition) is 2. The van der Waals surface area contributed by atoms with Crippen molar-refractivity contribution in [3.05, 3.63) is 0 Å². The van der Waals surface area contributed by atoms with Crippen molar-refractivity contribution in [3.8, 4) is 0 Å². The van der Waals surface area contributed by atoms with Gasteiger partial charge in [0, 0.05) is 11.0 Å². The second-order valence-corrected chi connectivity index (χ2v) is 8.30. The fraction of sp³-hybridized carbons (Fsp3) is 1.00. The first-order valence-electron chi connectivity index (χ1n) is 11.1. The summed E-state index contributed by atoms with van der Waals surface area (Å²) in [6.45, 7) is 5.56. The van der Waals surface area contributed by atoms with Gasteiger partial charge in [0.25, 0.3) is 0 Å². The van der Waals surface area contributed by atoms with Gasteiger partial charge in [0.05, 0.1) is 19.8 Å². The summed E-state index contributed by atoms with van der Waals surface area (Å²) in [5.41, 5.74) is 0. The molecule has 0 bridgehead atoms. The molecule has 0 aromatic rings. The molecule has 0 aliphatic rings. The standard InChI is InChI=1S/C22H45IO2/c1-2-3-4-5-6-7-8-9-10-11-12-13-14-15-16-17-19-24-21-22-25-20-18-23/h2-22H2,1H3. The van der Waals surface area contributed by atoms with Crippen LogP contribution in [0.3, 0.4) is 0 Å². The maximum atomic E-state index is 5.57. The highest BCUT2D eigenvalue weighted by Crippen LogP contribution is 2.13. The van der Waals surface area contributed by atoms with E-state index in [0.717, 1.165) is 30.9 Å². The number of unbranched alkanes of at least 4 members (excludes halogenated alkanes) is 15. The van der Waals surface area contributed by atoms with E-state index in [1.165, 1.54) is 103 Å². The summed E-state index contributed by atoms with van der Waals surface area (Å²) < 4.78 is 12.0. The van der Waals surface area contributed by atoms with Crippen LogP contribution in [0.2, 0.25) is 0 Å². The van der Waals surface area contributed by atoms with Gasteiger partial charge in [-0.25, -0.2) is 0 Å². The van der Waals surface area contributed by atoms with Crippen LogP contribution in [0.1, 0.15) is 110 Å². The van der Waals surface area contributed by atoms with Crippen molar-refractivity contribution in [1.82, 2.24) is 0 Å². The minimum Gasteiger partial charge on any atom is -0.379 e. The maximum Gasteiger partial charge on any atom is 0.0700 e. The number of alkyl halides is 1. The number of rotatable bonds is 22. The summed E-state index contributed by atoms with van der Waals surface area (Å²) in [6.07, 6.45) is 22.7. The SMILES string of the molecule is CCCCCCCCCCCCCCCCCCOCCOCCI. The molecule has 0 N–H and O–H groups in total. The van der Waals surface area contributed by atoms with Crippen LogP contribution in [0.5, 0.6) is 0 Å². The third-order valence-electron chi connectivity index (χ3n) is 4.74. The molecule has 0 saturated carbocycles. The van der Waals surface area contributed by atoms with E-state index < -0.39 is 0 Å². The highest BCUT2D eigenvalue weighted by Gasteiger charge is 1.95. The lowest BCUT2D eigenvalue weighted by atomic mass is 10.0. The predicted octanol–water partition coefficient (Wildman–Crippen LogP) is 7.72. The van der Waals surface area contributed by atoms with Crippen molar-refractivity contribution in [1.29, 1.82) is 0 Å². The van der Waals surface area contributed by atoms with Crippen molar-refractivity contribution in [3.63, 3.8) is 0 Å². The molecule has 0 fully saturated rings. The average molecular weight is 469 g/mol. The molecule has 0 radical (unpaired) electrons. The molecule has 0 saturated heterocycles. The van der Waals surface area contributed by atoms with Crippen LogP contribution >= 0.6 is 22.6 Å². The Morgan fingerprint density at radius 3 is 1.20 bits per heavy atom. The molecular weight excluding hydrogens is 423 g/mol. The van der Waals surface area contributed by atoms with Crippen molar-refractivity contribution >= 4 is 22.6 Å². The minimum absolute atomic E-state index is 0.752. The lowest BCUT2D eigenvalue weighted by Crippen LogP contribution is -2.06. The first kappa shape index (κ1) is 25.6. The highest BCUT2D eigenvalue weighted by molar-refractivity contribution is 14.1. The first-order valence-corrected chi connectivity index (χ1v) is 12.7. The summed E-state index contributed by atoms with van der Waals surface area (Å²) in [5.74, 6) is 0. The predicted molar refractivity (Wildman–Crippen MR) is 120 cm³/mol. The largest absolute Gasteiger partial charge is 0.379 e. The number of halogens is 1. The van der Waals surface area contributed by atoms with E-state index in [0.29, 0.717) is 0 Å². The Bertz CT molecular complexity index is 202. The third-order valence-corrected chi connectivity index (χ3v) is 5.18. The molecule has 0 atom stereocenters. The molecule has 152 valence electrons. The smallest absolute Gasteiger partial charge is 0.0700 e. The summed E-state index contributed by atoms with van der Waals surface area (Å²) in [5, 5.41) is 0. The monoisotopic (exact) mass is 468 g/mol. The Hall–Kier alpha value is 0.650. The van der Waals surface area contributed by atoms with Gasteiger partial charge in [0.1, 0.15) is 0 Å². The summed E-state index contributed by atoms with van der Waals surface area (Å²) in [4.78, 5) is 0. The summed E-state index contributed by atoms with van der Waals surface area (Å²) >= 11 is 2.33. The van der Waals surface area contributed by atoms with Gasteiger partial charge >= 0.3 is 0 Å². The van der Waals surface area contributed by atoms with E-state index in [-0.39, 0.29) is 0 Å². The van der Waals surface area contributed by atoms with Gasteiger partial charge in [0.2, 0.25) is 0 Å². The van der Waals surface area contributed by atoms with Gasteiger partial charge in [-0.2, -0.15) is 0 Å². The summed E-state index contributed by atoms with van der Waals surface area (Å²) in [7, 11) is 0. The third kappa shape index (κ3) is 24.6. The first-order chi connectivity index (χ1) is 12.4. The van der Waals surface area contributed by atoms with Gasteiger partial charge in [-0.05, 0) is 6.42 Å². The molecule has 0 amide bonds. The van der Waals surface area contributed by atoms with E-state index in [1.54, 1.807) is 0 Å². The molecule has 25 heavy (non-hydrogen) atoms. The molecule has 3 heteroatoms. The van der Waals surface area contributed by atoms with Crippen molar-refractivity contribution in [2.75, 3.05) is 30.9 Å². The van der Waals surface area contributed by atoms with Crippen molar-refractivity contribution < 1.29 is 9.47 Å². The zero-order chi connectivity index (χ0) is 18.3. The molecule has 2 nitrogen and oxygen atoms in total. The normalized spacial score (nSPS) is 11.3.